The third kappa shape index (κ3) is 5.99. The monoisotopic (exact) mass is 537 g/mol. The number of halogens is 2. The Kier molecular flexibility index (Phi) is 7.91. The number of nitrogens with zero attached hydrogens (tertiary/aromatic N) is 1. The molecule has 4 rings (SSSR count). The second kappa shape index (κ2) is 11.3. The van der Waals surface area contributed by atoms with E-state index in [1.807, 2.05) is 0 Å². The van der Waals surface area contributed by atoms with Gasteiger partial charge in [-0.25, -0.2) is 4.79 Å². The van der Waals surface area contributed by atoms with Crippen molar-refractivity contribution in [3.63, 3.8) is 0 Å². The van der Waals surface area contributed by atoms with E-state index >= 15 is 0 Å². The first-order chi connectivity index (χ1) is 17.7. The van der Waals surface area contributed by atoms with E-state index in [1.165, 1.54) is 12.1 Å². The quantitative estimate of drug-likeness (QED) is 0.354. The van der Waals surface area contributed by atoms with Crippen molar-refractivity contribution in [2.24, 2.45) is 0 Å². The van der Waals surface area contributed by atoms with Crippen LogP contribution in [-0.2, 0) is 29.2 Å². The molecule has 0 spiro atoms. The lowest BCUT2D eigenvalue weighted by Gasteiger charge is -2.16. The Balaban J connectivity index is 1.32. The summed E-state index contributed by atoms with van der Waals surface area (Å²) in [7, 11) is 0. The molecule has 0 bridgehead atoms. The molecule has 3 aromatic carbocycles. The van der Waals surface area contributed by atoms with Crippen LogP contribution in [0.25, 0.3) is 0 Å². The maximum atomic E-state index is 12.8. The summed E-state index contributed by atoms with van der Waals surface area (Å²) in [5, 5.41) is 14.9. The second-order valence-corrected chi connectivity index (χ2v) is 9.00. The minimum atomic E-state index is -1.01. The van der Waals surface area contributed by atoms with E-state index in [0.29, 0.717) is 16.1 Å². The van der Waals surface area contributed by atoms with Crippen LogP contribution >= 0.6 is 23.2 Å². The molecule has 3 N–H and O–H groups in total. The number of hydrogen-bond acceptors (Lipinski definition) is 5. The Morgan fingerprint density at radius 1 is 0.784 bits per heavy atom. The lowest BCUT2D eigenvalue weighted by molar-refractivity contribution is -0.138. The fraction of sp³-hybridized carbons (Fsp3) is 0.111. The van der Waals surface area contributed by atoms with E-state index < -0.39 is 17.8 Å². The molecule has 1 heterocycles. The summed E-state index contributed by atoms with van der Waals surface area (Å²) in [6.07, 6.45) is 0. The van der Waals surface area contributed by atoms with Crippen molar-refractivity contribution >= 4 is 46.9 Å². The van der Waals surface area contributed by atoms with Crippen molar-refractivity contribution in [3.8, 4) is 0 Å². The topological polar surface area (TPSA) is 116 Å². The van der Waals surface area contributed by atoms with Gasteiger partial charge in [-0.2, -0.15) is 0 Å². The van der Waals surface area contributed by atoms with Gasteiger partial charge in [0.15, 0.2) is 0 Å². The molecule has 0 aromatic heterocycles. The fourth-order valence-corrected chi connectivity index (χ4v) is 4.10. The average molecular weight is 538 g/mol. The number of carboxylic acid groups (broad SMARTS) is 1. The molecule has 188 valence electrons. The van der Waals surface area contributed by atoms with Gasteiger partial charge in [-0.1, -0.05) is 65.7 Å². The Hall–Kier alpha value is -4.14. The molecule has 8 nitrogen and oxygen atoms in total. The van der Waals surface area contributed by atoms with Gasteiger partial charge in [0.2, 0.25) is 0 Å². The van der Waals surface area contributed by atoms with Crippen LogP contribution in [0.5, 0.6) is 0 Å². The number of nitrogens with one attached hydrogen (secondary N) is 2. The molecule has 1 aliphatic rings. The summed E-state index contributed by atoms with van der Waals surface area (Å²) in [6.45, 7) is 0.462. The summed E-state index contributed by atoms with van der Waals surface area (Å²) in [4.78, 5) is 49.8. The standard InChI is InChI=1S/C27H21Cl2N3O5/c28-21-4-2-1-3-20(21)15-32-25(34)22(29)23(26(32)35)30-13-16-5-9-18(10-6-16)24(33)31-14-17-7-11-19(12-8-17)27(36)37/h1-12,30H,13-15H2,(H,31,33)(H,36,37). The van der Waals surface area contributed by atoms with Gasteiger partial charge in [0, 0.05) is 23.7 Å². The van der Waals surface area contributed by atoms with Gasteiger partial charge in [0.05, 0.1) is 12.1 Å². The molecule has 3 aromatic rings. The summed E-state index contributed by atoms with van der Waals surface area (Å²) in [5.74, 6) is -2.44. The minimum absolute atomic E-state index is 0.00620. The summed E-state index contributed by atoms with van der Waals surface area (Å²) in [6, 6.07) is 19.9. The predicted octanol–water partition coefficient (Wildman–Crippen LogP) is 4.08. The highest BCUT2D eigenvalue weighted by Crippen LogP contribution is 2.26. The molecule has 0 fully saturated rings. The van der Waals surface area contributed by atoms with E-state index in [0.717, 1.165) is 16.0 Å². The molecule has 0 saturated heterocycles. The largest absolute Gasteiger partial charge is 0.478 e. The van der Waals surface area contributed by atoms with Crippen LogP contribution < -0.4 is 10.6 Å². The zero-order chi connectivity index (χ0) is 26.5. The summed E-state index contributed by atoms with van der Waals surface area (Å²) < 4.78 is 0. The zero-order valence-corrected chi connectivity index (χ0v) is 20.8. The molecule has 0 aliphatic carbocycles. The highest BCUT2D eigenvalue weighted by Gasteiger charge is 2.37. The van der Waals surface area contributed by atoms with Crippen LogP contribution in [0.1, 0.15) is 37.4 Å². The number of imide groups is 1. The molecule has 37 heavy (non-hydrogen) atoms. The number of carbonyl (C=O) groups excluding carboxylic acids is 3. The van der Waals surface area contributed by atoms with Crippen LogP contribution in [0, 0.1) is 0 Å². The number of rotatable bonds is 9. The second-order valence-electron chi connectivity index (χ2n) is 8.21. The van der Waals surface area contributed by atoms with Crippen LogP contribution in [-0.4, -0.2) is 33.7 Å². The minimum Gasteiger partial charge on any atom is -0.478 e. The lowest BCUT2D eigenvalue weighted by Crippen LogP contribution is -2.33. The summed E-state index contributed by atoms with van der Waals surface area (Å²) >= 11 is 12.3. The molecule has 0 radical (unpaired) electrons. The third-order valence-electron chi connectivity index (χ3n) is 5.74. The molecule has 0 atom stereocenters. The SMILES string of the molecule is O=C(O)c1ccc(CNC(=O)c2ccc(CNC3=C(Cl)C(=O)N(Cc4ccccc4Cl)C3=O)cc2)cc1. The van der Waals surface area contributed by atoms with Crippen molar-refractivity contribution in [2.75, 3.05) is 0 Å². The van der Waals surface area contributed by atoms with Gasteiger partial charge in [0.25, 0.3) is 17.7 Å². The van der Waals surface area contributed by atoms with Gasteiger partial charge < -0.3 is 15.7 Å². The normalized spacial score (nSPS) is 13.2. The Labute approximate surface area is 222 Å². The zero-order valence-electron chi connectivity index (χ0n) is 19.3. The van der Waals surface area contributed by atoms with E-state index in [9.17, 15) is 19.2 Å². The summed E-state index contributed by atoms with van der Waals surface area (Å²) in [5.41, 5.74) is 2.78. The van der Waals surface area contributed by atoms with E-state index in [2.05, 4.69) is 10.6 Å². The van der Waals surface area contributed by atoms with E-state index in [4.69, 9.17) is 28.3 Å². The van der Waals surface area contributed by atoms with Gasteiger partial charge in [-0.15, -0.1) is 0 Å². The average Bonchev–Trinajstić information content (AvgIpc) is 3.10. The third-order valence-corrected chi connectivity index (χ3v) is 6.46. The van der Waals surface area contributed by atoms with Gasteiger partial charge >= 0.3 is 5.97 Å². The van der Waals surface area contributed by atoms with Crippen LogP contribution in [0.4, 0.5) is 0 Å². The first-order valence-electron chi connectivity index (χ1n) is 11.2. The highest BCUT2D eigenvalue weighted by atomic mass is 35.5. The van der Waals surface area contributed by atoms with Crippen molar-refractivity contribution in [1.29, 1.82) is 0 Å². The molecular weight excluding hydrogens is 517 g/mol. The van der Waals surface area contributed by atoms with Gasteiger partial charge in [-0.05, 0) is 47.0 Å². The first-order valence-corrected chi connectivity index (χ1v) is 11.9. The fourth-order valence-electron chi connectivity index (χ4n) is 3.65. The van der Waals surface area contributed by atoms with Crippen molar-refractivity contribution in [2.45, 2.75) is 19.6 Å². The van der Waals surface area contributed by atoms with Crippen molar-refractivity contribution in [3.05, 3.63) is 116 Å². The van der Waals surface area contributed by atoms with Gasteiger partial charge in [-0.3, -0.25) is 19.3 Å². The molecule has 1 aliphatic heterocycles. The Morgan fingerprint density at radius 3 is 2.00 bits per heavy atom. The first kappa shape index (κ1) is 25.9. The lowest BCUT2D eigenvalue weighted by atomic mass is 10.1. The Morgan fingerprint density at radius 2 is 1.38 bits per heavy atom. The van der Waals surface area contributed by atoms with Crippen LogP contribution in [0.3, 0.4) is 0 Å². The molecule has 0 unspecified atom stereocenters. The molecule has 0 saturated carbocycles. The van der Waals surface area contributed by atoms with Crippen molar-refractivity contribution < 1.29 is 24.3 Å². The van der Waals surface area contributed by atoms with Gasteiger partial charge in [0.1, 0.15) is 10.7 Å². The molecular formula is C27H21Cl2N3O5. The molecule has 3 amide bonds. The number of amides is 3. The highest BCUT2D eigenvalue weighted by molar-refractivity contribution is 6.47. The van der Waals surface area contributed by atoms with Crippen molar-refractivity contribution in [1.82, 2.24) is 15.5 Å². The van der Waals surface area contributed by atoms with E-state index in [-0.39, 0.29) is 41.8 Å². The number of aromatic carboxylic acids is 1. The Bertz CT molecular complexity index is 1400. The van der Waals surface area contributed by atoms with Crippen LogP contribution in [0.15, 0.2) is 83.5 Å². The maximum absolute atomic E-state index is 12.8. The predicted molar refractivity (Wildman–Crippen MR) is 138 cm³/mol. The number of benzene rings is 3. The van der Waals surface area contributed by atoms with Crippen LogP contribution in [0.2, 0.25) is 5.02 Å². The smallest absolute Gasteiger partial charge is 0.335 e. The van der Waals surface area contributed by atoms with E-state index in [1.54, 1.807) is 60.7 Å². The number of carbonyl (C=O) groups is 4. The number of carboxylic acids is 1. The maximum Gasteiger partial charge on any atom is 0.335 e. The number of hydrogen-bond donors (Lipinski definition) is 3. The molecule has 10 heteroatoms.